The molecular formula is C15H18N2O3. The Hall–Kier alpha value is -2.27. The lowest BCUT2D eigenvalue weighted by molar-refractivity contribution is 0.0696. The van der Waals surface area contributed by atoms with Crippen LogP contribution in [-0.2, 0) is 13.1 Å². The maximum Gasteiger partial charge on any atom is 0.338 e. The Labute approximate surface area is 117 Å². The number of aromatic carboxylic acids is 1. The van der Waals surface area contributed by atoms with Crippen LogP contribution in [0.4, 0.5) is 5.69 Å². The van der Waals surface area contributed by atoms with Crippen molar-refractivity contribution in [1.82, 2.24) is 4.90 Å². The molecule has 0 saturated heterocycles. The average Bonchev–Trinajstić information content (AvgIpc) is 2.74. The minimum atomic E-state index is -1.000. The summed E-state index contributed by atoms with van der Waals surface area (Å²) in [6.45, 7) is 3.00. The van der Waals surface area contributed by atoms with Crippen LogP contribution in [0.3, 0.4) is 0 Å². The van der Waals surface area contributed by atoms with Crippen LogP contribution in [0.5, 0.6) is 0 Å². The van der Waals surface area contributed by atoms with E-state index in [9.17, 15) is 9.90 Å². The summed E-state index contributed by atoms with van der Waals surface area (Å²) in [6.07, 6.45) is 0. The number of hydrogen-bond donors (Lipinski definition) is 2. The molecule has 0 radical (unpaired) electrons. The summed E-state index contributed by atoms with van der Waals surface area (Å²) >= 11 is 0. The number of nitrogen functional groups attached to an aromatic ring is 1. The number of nitrogens with two attached hydrogens (primary N) is 1. The van der Waals surface area contributed by atoms with Crippen molar-refractivity contribution in [3.05, 3.63) is 53.0 Å². The summed E-state index contributed by atoms with van der Waals surface area (Å²) in [5.74, 6) is 0.717. The third kappa shape index (κ3) is 3.19. The van der Waals surface area contributed by atoms with E-state index in [1.807, 2.05) is 31.0 Å². The van der Waals surface area contributed by atoms with E-state index in [0.29, 0.717) is 18.7 Å². The second kappa shape index (κ2) is 5.79. The number of furan rings is 1. The van der Waals surface area contributed by atoms with E-state index in [1.165, 1.54) is 0 Å². The zero-order chi connectivity index (χ0) is 14.7. The van der Waals surface area contributed by atoms with Crippen LogP contribution < -0.4 is 5.73 Å². The number of carboxylic acid groups (broad SMARTS) is 1. The summed E-state index contributed by atoms with van der Waals surface area (Å²) in [7, 11) is 1.91. The van der Waals surface area contributed by atoms with Gasteiger partial charge in [-0.25, -0.2) is 4.79 Å². The van der Waals surface area contributed by atoms with E-state index in [-0.39, 0.29) is 11.3 Å². The lowest BCUT2D eigenvalue weighted by atomic mass is 10.1. The molecule has 0 spiro atoms. The van der Waals surface area contributed by atoms with Gasteiger partial charge in [0.15, 0.2) is 0 Å². The van der Waals surface area contributed by atoms with Crippen molar-refractivity contribution in [2.24, 2.45) is 0 Å². The fourth-order valence-corrected chi connectivity index (χ4v) is 2.20. The molecule has 0 aliphatic carbocycles. The first-order valence-corrected chi connectivity index (χ1v) is 6.32. The maximum absolute atomic E-state index is 11.3. The summed E-state index contributed by atoms with van der Waals surface area (Å²) in [6, 6.07) is 8.98. The molecule has 0 saturated carbocycles. The molecule has 0 aliphatic heterocycles. The minimum absolute atomic E-state index is 0.176. The SMILES string of the molecule is Cc1ccc(CN(C)Cc2cccc(N)c2C(=O)O)o1. The lowest BCUT2D eigenvalue weighted by Gasteiger charge is -2.17. The van der Waals surface area contributed by atoms with E-state index in [1.54, 1.807) is 18.2 Å². The normalized spacial score (nSPS) is 10.9. The van der Waals surface area contributed by atoms with Crippen LogP contribution in [0, 0.1) is 6.92 Å². The second-order valence-electron chi connectivity index (χ2n) is 4.87. The van der Waals surface area contributed by atoms with E-state index >= 15 is 0 Å². The molecule has 1 aromatic heterocycles. The Bertz CT molecular complexity index is 619. The maximum atomic E-state index is 11.3. The van der Waals surface area contributed by atoms with Gasteiger partial charge in [-0.15, -0.1) is 0 Å². The highest BCUT2D eigenvalue weighted by Crippen LogP contribution is 2.19. The van der Waals surface area contributed by atoms with Crippen molar-refractivity contribution in [2.75, 3.05) is 12.8 Å². The molecular weight excluding hydrogens is 256 g/mol. The highest BCUT2D eigenvalue weighted by molar-refractivity contribution is 5.95. The molecule has 20 heavy (non-hydrogen) atoms. The van der Waals surface area contributed by atoms with Crippen LogP contribution in [0.15, 0.2) is 34.7 Å². The summed E-state index contributed by atoms with van der Waals surface area (Å²) in [5.41, 5.74) is 6.90. The first kappa shape index (κ1) is 14.1. The van der Waals surface area contributed by atoms with E-state index in [2.05, 4.69) is 0 Å². The number of rotatable bonds is 5. The molecule has 3 N–H and O–H groups in total. The molecule has 0 bridgehead atoms. The third-order valence-electron chi connectivity index (χ3n) is 3.06. The summed E-state index contributed by atoms with van der Waals surface area (Å²) < 4.78 is 5.51. The zero-order valence-corrected chi connectivity index (χ0v) is 11.6. The molecule has 0 aliphatic rings. The largest absolute Gasteiger partial charge is 0.478 e. The second-order valence-corrected chi connectivity index (χ2v) is 4.87. The standard InChI is InChI=1S/C15H18N2O3/c1-10-6-7-12(20-10)9-17(2)8-11-4-3-5-13(16)14(11)15(18)19/h3-7H,8-9,16H2,1-2H3,(H,18,19). The Kier molecular flexibility index (Phi) is 4.10. The predicted molar refractivity (Wildman–Crippen MR) is 76.4 cm³/mol. The Morgan fingerprint density at radius 1 is 1.30 bits per heavy atom. The van der Waals surface area contributed by atoms with Gasteiger partial charge in [-0.2, -0.15) is 0 Å². The van der Waals surface area contributed by atoms with Gasteiger partial charge in [-0.3, -0.25) is 4.90 Å². The molecule has 5 nitrogen and oxygen atoms in total. The molecule has 2 rings (SSSR count). The number of benzene rings is 1. The van der Waals surface area contributed by atoms with Crippen LogP contribution >= 0.6 is 0 Å². The van der Waals surface area contributed by atoms with Crippen molar-refractivity contribution in [2.45, 2.75) is 20.0 Å². The van der Waals surface area contributed by atoms with Crippen LogP contribution in [0.25, 0.3) is 0 Å². The van der Waals surface area contributed by atoms with Gasteiger partial charge < -0.3 is 15.3 Å². The average molecular weight is 274 g/mol. The molecule has 1 heterocycles. The van der Waals surface area contributed by atoms with Crippen molar-refractivity contribution in [3.63, 3.8) is 0 Å². The van der Waals surface area contributed by atoms with Crippen molar-refractivity contribution >= 4 is 11.7 Å². The van der Waals surface area contributed by atoms with Gasteiger partial charge in [0.1, 0.15) is 11.5 Å². The smallest absolute Gasteiger partial charge is 0.338 e. The van der Waals surface area contributed by atoms with Crippen molar-refractivity contribution in [1.29, 1.82) is 0 Å². The number of nitrogens with zero attached hydrogens (tertiary/aromatic N) is 1. The fraction of sp³-hybridized carbons (Fsp3) is 0.267. The Morgan fingerprint density at radius 3 is 2.65 bits per heavy atom. The highest BCUT2D eigenvalue weighted by Gasteiger charge is 2.15. The predicted octanol–water partition coefficient (Wildman–Crippen LogP) is 2.50. The molecule has 5 heteroatoms. The molecule has 2 aromatic rings. The zero-order valence-electron chi connectivity index (χ0n) is 11.6. The lowest BCUT2D eigenvalue weighted by Crippen LogP contribution is -2.19. The molecule has 0 unspecified atom stereocenters. The fourth-order valence-electron chi connectivity index (χ4n) is 2.20. The quantitative estimate of drug-likeness (QED) is 0.819. The number of carboxylic acids is 1. The van der Waals surface area contributed by atoms with E-state index in [0.717, 1.165) is 11.5 Å². The van der Waals surface area contributed by atoms with Crippen LogP contribution in [0.1, 0.15) is 27.4 Å². The third-order valence-corrected chi connectivity index (χ3v) is 3.06. The van der Waals surface area contributed by atoms with E-state index < -0.39 is 5.97 Å². The van der Waals surface area contributed by atoms with Gasteiger partial charge in [0.2, 0.25) is 0 Å². The summed E-state index contributed by atoms with van der Waals surface area (Å²) in [5, 5.41) is 9.24. The van der Waals surface area contributed by atoms with Gasteiger partial charge in [0, 0.05) is 12.2 Å². The Morgan fingerprint density at radius 2 is 2.05 bits per heavy atom. The topological polar surface area (TPSA) is 79.7 Å². The first-order chi connectivity index (χ1) is 9.47. The highest BCUT2D eigenvalue weighted by atomic mass is 16.4. The number of carbonyl (C=O) groups is 1. The van der Waals surface area contributed by atoms with Gasteiger partial charge >= 0.3 is 5.97 Å². The molecule has 0 atom stereocenters. The van der Waals surface area contributed by atoms with Crippen molar-refractivity contribution in [3.8, 4) is 0 Å². The molecule has 0 fully saturated rings. The minimum Gasteiger partial charge on any atom is -0.478 e. The van der Waals surface area contributed by atoms with E-state index in [4.69, 9.17) is 10.2 Å². The van der Waals surface area contributed by atoms with Gasteiger partial charge in [0.05, 0.1) is 12.1 Å². The summed E-state index contributed by atoms with van der Waals surface area (Å²) in [4.78, 5) is 13.3. The van der Waals surface area contributed by atoms with Crippen LogP contribution in [-0.4, -0.2) is 23.0 Å². The monoisotopic (exact) mass is 274 g/mol. The number of hydrogen-bond acceptors (Lipinski definition) is 4. The molecule has 0 amide bonds. The number of anilines is 1. The van der Waals surface area contributed by atoms with Crippen LogP contribution in [0.2, 0.25) is 0 Å². The molecule has 1 aromatic carbocycles. The molecule has 106 valence electrons. The number of aryl methyl sites for hydroxylation is 1. The first-order valence-electron chi connectivity index (χ1n) is 6.32. The van der Waals surface area contributed by atoms with Gasteiger partial charge in [0.25, 0.3) is 0 Å². The van der Waals surface area contributed by atoms with Crippen molar-refractivity contribution < 1.29 is 14.3 Å². The van der Waals surface area contributed by atoms with Gasteiger partial charge in [-0.05, 0) is 37.7 Å². The Balaban J connectivity index is 2.13. The van der Waals surface area contributed by atoms with Gasteiger partial charge in [-0.1, -0.05) is 12.1 Å².